The van der Waals surface area contributed by atoms with E-state index < -0.39 is 11.7 Å². The normalized spacial score (nSPS) is 18.4. The van der Waals surface area contributed by atoms with Gasteiger partial charge in [0.15, 0.2) is 0 Å². The predicted molar refractivity (Wildman–Crippen MR) is 97.9 cm³/mol. The lowest BCUT2D eigenvalue weighted by atomic mass is 9.85. The van der Waals surface area contributed by atoms with Crippen molar-refractivity contribution in [2.24, 2.45) is 0 Å². The molecule has 0 atom stereocenters. The molecule has 0 N–H and O–H groups in total. The van der Waals surface area contributed by atoms with Gasteiger partial charge in [0, 0.05) is 17.8 Å². The van der Waals surface area contributed by atoms with Crippen LogP contribution in [0.1, 0.15) is 54.8 Å². The lowest BCUT2D eigenvalue weighted by molar-refractivity contribution is -0.138. The third-order valence-corrected chi connectivity index (χ3v) is 5.41. The van der Waals surface area contributed by atoms with Crippen LogP contribution in [-0.2, 0) is 17.5 Å². The summed E-state index contributed by atoms with van der Waals surface area (Å²) in [5, 5.41) is 4.19. The van der Waals surface area contributed by atoms with E-state index in [-0.39, 0.29) is 35.7 Å². The number of hydrogen-bond acceptors (Lipinski definition) is 5. The van der Waals surface area contributed by atoms with Gasteiger partial charge in [-0.3, -0.25) is 9.78 Å². The van der Waals surface area contributed by atoms with Crippen LogP contribution < -0.4 is 10.3 Å². The van der Waals surface area contributed by atoms with Crippen LogP contribution in [0, 0.1) is 0 Å². The SMILES string of the molecule is O=c1c(C2CCCCC2)cc(OC2COC2)nn1Cc1ncccc1C(F)(F)F. The molecule has 0 spiro atoms. The largest absolute Gasteiger partial charge is 0.468 e. The maximum absolute atomic E-state index is 13.3. The van der Waals surface area contributed by atoms with E-state index in [9.17, 15) is 18.0 Å². The van der Waals surface area contributed by atoms with E-state index in [1.807, 2.05) is 0 Å². The van der Waals surface area contributed by atoms with Crippen molar-refractivity contribution < 1.29 is 22.6 Å². The molecule has 1 aliphatic carbocycles. The highest BCUT2D eigenvalue weighted by molar-refractivity contribution is 5.26. The van der Waals surface area contributed by atoms with E-state index in [0.29, 0.717) is 18.8 Å². The molecular weight excluding hydrogens is 387 g/mol. The molecule has 1 saturated carbocycles. The maximum Gasteiger partial charge on any atom is 0.418 e. The van der Waals surface area contributed by atoms with E-state index in [1.54, 1.807) is 6.07 Å². The molecule has 0 amide bonds. The van der Waals surface area contributed by atoms with Crippen molar-refractivity contribution in [3.05, 3.63) is 51.6 Å². The zero-order valence-corrected chi connectivity index (χ0v) is 15.8. The predicted octanol–water partition coefficient (Wildman–Crippen LogP) is 3.53. The number of pyridine rings is 1. The van der Waals surface area contributed by atoms with E-state index in [2.05, 4.69) is 10.1 Å². The van der Waals surface area contributed by atoms with Crippen LogP contribution in [-0.4, -0.2) is 34.1 Å². The first-order valence-electron chi connectivity index (χ1n) is 9.79. The zero-order chi connectivity index (χ0) is 20.4. The summed E-state index contributed by atoms with van der Waals surface area (Å²) in [7, 11) is 0. The van der Waals surface area contributed by atoms with Crippen molar-refractivity contribution in [3.63, 3.8) is 0 Å². The molecule has 2 aliphatic rings. The van der Waals surface area contributed by atoms with Gasteiger partial charge in [0.05, 0.1) is 31.0 Å². The Kier molecular flexibility index (Phi) is 5.58. The number of alkyl halides is 3. The fourth-order valence-corrected chi connectivity index (χ4v) is 3.82. The number of ether oxygens (including phenoxy) is 2. The molecule has 0 unspecified atom stereocenters. The molecule has 3 heterocycles. The van der Waals surface area contributed by atoms with E-state index in [0.717, 1.165) is 42.9 Å². The molecule has 0 aromatic carbocycles. The average Bonchev–Trinajstić information content (AvgIpc) is 2.67. The Labute approximate surface area is 165 Å². The van der Waals surface area contributed by atoms with Gasteiger partial charge in [-0.2, -0.15) is 13.2 Å². The summed E-state index contributed by atoms with van der Waals surface area (Å²) in [6.07, 6.45) is 1.50. The average molecular weight is 409 g/mol. The van der Waals surface area contributed by atoms with Crippen LogP contribution in [0.3, 0.4) is 0 Å². The van der Waals surface area contributed by atoms with Gasteiger partial charge in [0.1, 0.15) is 6.10 Å². The van der Waals surface area contributed by atoms with Crippen LogP contribution in [0.25, 0.3) is 0 Å². The fourth-order valence-electron chi connectivity index (χ4n) is 3.82. The maximum atomic E-state index is 13.3. The minimum Gasteiger partial charge on any atom is -0.468 e. The summed E-state index contributed by atoms with van der Waals surface area (Å²) in [6, 6.07) is 3.84. The van der Waals surface area contributed by atoms with Crippen molar-refractivity contribution in [3.8, 4) is 5.88 Å². The molecular formula is C20H22F3N3O3. The van der Waals surface area contributed by atoms with Crippen LogP contribution in [0.2, 0.25) is 0 Å². The standard InChI is InChI=1S/C20H22F3N3O3/c21-20(22,23)16-7-4-8-24-17(16)10-26-19(27)15(13-5-2-1-3-6-13)9-18(25-26)29-14-11-28-12-14/h4,7-9,13-14H,1-3,5-6,10-12H2. The number of hydrogen-bond donors (Lipinski definition) is 0. The molecule has 0 bridgehead atoms. The van der Waals surface area contributed by atoms with E-state index in [4.69, 9.17) is 9.47 Å². The summed E-state index contributed by atoms with van der Waals surface area (Å²) >= 11 is 0. The van der Waals surface area contributed by atoms with Gasteiger partial charge in [-0.1, -0.05) is 19.3 Å². The smallest absolute Gasteiger partial charge is 0.418 e. The summed E-state index contributed by atoms with van der Waals surface area (Å²) < 4.78 is 51.9. The van der Waals surface area contributed by atoms with Crippen LogP contribution >= 0.6 is 0 Å². The molecule has 4 rings (SSSR count). The Morgan fingerprint density at radius 3 is 2.62 bits per heavy atom. The first-order valence-corrected chi connectivity index (χ1v) is 9.79. The van der Waals surface area contributed by atoms with Crippen molar-refractivity contribution in [2.75, 3.05) is 13.2 Å². The molecule has 1 aliphatic heterocycles. The monoisotopic (exact) mass is 409 g/mol. The minimum absolute atomic E-state index is 0.0660. The molecule has 2 fully saturated rings. The molecule has 1 saturated heterocycles. The van der Waals surface area contributed by atoms with Crippen LogP contribution in [0.5, 0.6) is 5.88 Å². The Hall–Kier alpha value is -2.42. The first-order chi connectivity index (χ1) is 13.9. The quantitative estimate of drug-likeness (QED) is 0.756. The second kappa shape index (κ2) is 8.14. The van der Waals surface area contributed by atoms with Crippen LogP contribution in [0.4, 0.5) is 13.2 Å². The third-order valence-electron chi connectivity index (χ3n) is 5.41. The van der Waals surface area contributed by atoms with E-state index >= 15 is 0 Å². The van der Waals surface area contributed by atoms with Crippen molar-refractivity contribution in [2.45, 2.75) is 56.8 Å². The van der Waals surface area contributed by atoms with Gasteiger partial charge in [-0.15, -0.1) is 5.10 Å². The van der Waals surface area contributed by atoms with Crippen molar-refractivity contribution in [1.82, 2.24) is 14.8 Å². The number of halogens is 3. The van der Waals surface area contributed by atoms with E-state index in [1.165, 1.54) is 12.3 Å². The Balaban J connectivity index is 1.72. The molecule has 156 valence electrons. The second-order valence-electron chi connectivity index (χ2n) is 7.51. The Morgan fingerprint density at radius 2 is 1.97 bits per heavy atom. The number of nitrogens with zero attached hydrogens (tertiary/aromatic N) is 3. The van der Waals surface area contributed by atoms with Crippen LogP contribution in [0.15, 0.2) is 29.2 Å². The van der Waals surface area contributed by atoms with Gasteiger partial charge < -0.3 is 9.47 Å². The van der Waals surface area contributed by atoms with Gasteiger partial charge >= 0.3 is 6.18 Å². The minimum atomic E-state index is -4.56. The Morgan fingerprint density at radius 1 is 1.21 bits per heavy atom. The van der Waals surface area contributed by atoms with Gasteiger partial charge in [-0.05, 0) is 30.9 Å². The highest BCUT2D eigenvalue weighted by Gasteiger charge is 2.34. The second-order valence-corrected chi connectivity index (χ2v) is 7.51. The van der Waals surface area contributed by atoms with Gasteiger partial charge in [-0.25, -0.2) is 4.68 Å². The molecule has 9 heteroatoms. The summed E-state index contributed by atoms with van der Waals surface area (Å²) in [5.74, 6) is 0.305. The van der Waals surface area contributed by atoms with Gasteiger partial charge in [0.25, 0.3) is 5.56 Å². The van der Waals surface area contributed by atoms with Crippen molar-refractivity contribution in [1.29, 1.82) is 0 Å². The molecule has 6 nitrogen and oxygen atoms in total. The fraction of sp³-hybridized carbons (Fsp3) is 0.550. The van der Waals surface area contributed by atoms with Crippen molar-refractivity contribution >= 4 is 0 Å². The lowest BCUT2D eigenvalue weighted by Crippen LogP contribution is -2.39. The summed E-state index contributed by atoms with van der Waals surface area (Å²) in [5.41, 5.74) is -0.938. The highest BCUT2D eigenvalue weighted by atomic mass is 19.4. The summed E-state index contributed by atoms with van der Waals surface area (Å²) in [4.78, 5) is 16.9. The first kappa shape index (κ1) is 19.9. The van der Waals surface area contributed by atoms with Gasteiger partial charge in [0.2, 0.25) is 5.88 Å². The lowest BCUT2D eigenvalue weighted by Gasteiger charge is -2.27. The topological polar surface area (TPSA) is 66.2 Å². The molecule has 29 heavy (non-hydrogen) atoms. The molecule has 2 aromatic heterocycles. The Bertz CT molecular complexity index is 919. The zero-order valence-electron chi connectivity index (χ0n) is 15.8. The third kappa shape index (κ3) is 4.44. The highest BCUT2D eigenvalue weighted by Crippen LogP contribution is 2.33. The number of rotatable bonds is 5. The molecule has 0 radical (unpaired) electrons. The summed E-state index contributed by atoms with van der Waals surface area (Å²) in [6.45, 7) is 0.489. The molecule has 2 aromatic rings. The number of aromatic nitrogens is 3.